The summed E-state index contributed by atoms with van der Waals surface area (Å²) in [6.07, 6.45) is 8.23. The number of methoxy groups -OCH3 is 1. The molecule has 0 saturated carbocycles. The Bertz CT molecular complexity index is 962. The maximum Gasteiger partial charge on any atom is 0.327 e. The average molecular weight is 380 g/mol. The van der Waals surface area contributed by atoms with Crippen LogP contribution in [0.2, 0.25) is 0 Å². The van der Waals surface area contributed by atoms with Crippen molar-refractivity contribution in [1.82, 2.24) is 19.7 Å². The summed E-state index contributed by atoms with van der Waals surface area (Å²) in [7, 11) is 1.35. The van der Waals surface area contributed by atoms with Crippen molar-refractivity contribution in [2.24, 2.45) is 0 Å². The smallest absolute Gasteiger partial charge is 0.327 e. The zero-order chi connectivity index (χ0) is 19.3. The molecule has 3 heterocycles. The Kier molecular flexibility index (Phi) is 5.36. The molecule has 8 nitrogen and oxygen atoms in total. The number of benzene rings is 1. The van der Waals surface area contributed by atoms with E-state index in [0.29, 0.717) is 11.5 Å². The minimum absolute atomic E-state index is 0.0148. The lowest BCUT2D eigenvalue weighted by atomic mass is 10.2. The number of carbonyl (C=O) groups excluding carboxylic acids is 1. The van der Waals surface area contributed by atoms with Crippen LogP contribution in [0, 0.1) is 0 Å². The molecule has 146 valence electrons. The quantitative estimate of drug-likeness (QED) is 0.681. The third kappa shape index (κ3) is 3.90. The van der Waals surface area contributed by atoms with Crippen molar-refractivity contribution in [3.63, 3.8) is 0 Å². The third-order valence-corrected chi connectivity index (χ3v) is 5.02. The molecule has 1 aliphatic rings. The first-order valence-electron chi connectivity index (χ1n) is 9.60. The maximum absolute atomic E-state index is 11.6. The van der Waals surface area contributed by atoms with Crippen LogP contribution in [0.5, 0.6) is 0 Å². The molecule has 28 heavy (non-hydrogen) atoms. The molecule has 1 aliphatic heterocycles. The van der Waals surface area contributed by atoms with Gasteiger partial charge in [-0.2, -0.15) is 5.10 Å². The van der Waals surface area contributed by atoms with Crippen LogP contribution < -0.4 is 10.2 Å². The minimum Gasteiger partial charge on any atom is -0.468 e. The summed E-state index contributed by atoms with van der Waals surface area (Å²) in [5.41, 5.74) is 2.77. The Morgan fingerprint density at radius 1 is 1.18 bits per heavy atom. The maximum atomic E-state index is 11.6. The second-order valence-corrected chi connectivity index (χ2v) is 6.91. The number of hydrogen-bond acceptors (Lipinski definition) is 7. The molecule has 0 atom stereocenters. The van der Waals surface area contributed by atoms with E-state index < -0.39 is 0 Å². The summed E-state index contributed by atoms with van der Waals surface area (Å²) < 4.78 is 6.23. The highest BCUT2D eigenvalue weighted by Crippen LogP contribution is 2.27. The average Bonchev–Trinajstić information content (AvgIpc) is 2.94. The van der Waals surface area contributed by atoms with Crippen molar-refractivity contribution in [2.75, 3.05) is 30.4 Å². The molecule has 1 aromatic carbocycles. The Labute approximate surface area is 163 Å². The standard InChI is InChI=1S/C20H24N6O2/c1-28-18(27)13-26-20-17(12-23-26)19(21-14-22-20)24-15-7-6-8-16(11-15)25-9-4-2-3-5-10-25/h6-8,11-12,14H,2-5,9-10,13H2,1H3,(H,21,22,24). The van der Waals surface area contributed by atoms with Crippen molar-refractivity contribution < 1.29 is 9.53 Å². The molecule has 4 rings (SSSR count). The molecule has 0 radical (unpaired) electrons. The zero-order valence-corrected chi connectivity index (χ0v) is 16.0. The van der Waals surface area contributed by atoms with Gasteiger partial charge in [-0.3, -0.25) is 4.79 Å². The summed E-state index contributed by atoms with van der Waals surface area (Å²) in [6.45, 7) is 2.21. The number of carbonyl (C=O) groups is 1. The molecule has 8 heteroatoms. The van der Waals surface area contributed by atoms with Crippen LogP contribution in [0.4, 0.5) is 17.2 Å². The Morgan fingerprint density at radius 3 is 2.79 bits per heavy atom. The highest BCUT2D eigenvalue weighted by atomic mass is 16.5. The van der Waals surface area contributed by atoms with Crippen LogP contribution in [-0.2, 0) is 16.1 Å². The predicted octanol–water partition coefficient (Wildman–Crippen LogP) is 3.12. The first-order chi connectivity index (χ1) is 13.7. The second-order valence-electron chi connectivity index (χ2n) is 6.91. The fraction of sp³-hybridized carbons (Fsp3) is 0.400. The summed E-state index contributed by atoms with van der Waals surface area (Å²) in [5, 5.41) is 8.38. The number of nitrogens with zero attached hydrogens (tertiary/aromatic N) is 5. The molecule has 1 fully saturated rings. The number of hydrogen-bond donors (Lipinski definition) is 1. The summed E-state index contributed by atoms with van der Waals surface area (Å²) in [5.74, 6) is 0.289. The normalized spacial score (nSPS) is 14.7. The topological polar surface area (TPSA) is 85.2 Å². The Balaban J connectivity index is 1.58. The fourth-order valence-corrected chi connectivity index (χ4v) is 3.54. The number of ether oxygens (including phenoxy) is 1. The summed E-state index contributed by atoms with van der Waals surface area (Å²) in [4.78, 5) is 22.6. The van der Waals surface area contributed by atoms with Gasteiger partial charge in [0, 0.05) is 24.5 Å². The van der Waals surface area contributed by atoms with E-state index in [2.05, 4.69) is 43.5 Å². The van der Waals surface area contributed by atoms with Crippen LogP contribution in [0.25, 0.3) is 11.0 Å². The van der Waals surface area contributed by atoms with Gasteiger partial charge in [-0.1, -0.05) is 18.9 Å². The van der Waals surface area contributed by atoms with Gasteiger partial charge >= 0.3 is 5.97 Å². The SMILES string of the molecule is COC(=O)Cn1ncc2c(Nc3cccc(N4CCCCCC4)c3)ncnc21. The minimum atomic E-state index is -0.372. The molecule has 0 amide bonds. The molecule has 0 unspecified atom stereocenters. The molecule has 0 aliphatic carbocycles. The summed E-state index contributed by atoms with van der Waals surface area (Å²) >= 11 is 0. The first-order valence-corrected chi connectivity index (χ1v) is 9.60. The van der Waals surface area contributed by atoms with Gasteiger partial charge in [0.25, 0.3) is 0 Å². The first kappa shape index (κ1) is 18.2. The monoisotopic (exact) mass is 380 g/mol. The van der Waals surface area contributed by atoms with E-state index >= 15 is 0 Å². The summed E-state index contributed by atoms with van der Waals surface area (Å²) in [6, 6.07) is 8.38. The van der Waals surface area contributed by atoms with Crippen LogP contribution in [-0.4, -0.2) is 45.9 Å². The van der Waals surface area contributed by atoms with Gasteiger partial charge in [-0.15, -0.1) is 0 Å². The van der Waals surface area contributed by atoms with Crippen molar-refractivity contribution in [3.05, 3.63) is 36.8 Å². The van der Waals surface area contributed by atoms with Crippen LogP contribution >= 0.6 is 0 Å². The van der Waals surface area contributed by atoms with E-state index in [1.54, 1.807) is 6.20 Å². The van der Waals surface area contributed by atoms with E-state index in [0.717, 1.165) is 24.2 Å². The van der Waals surface area contributed by atoms with E-state index in [-0.39, 0.29) is 12.5 Å². The second kappa shape index (κ2) is 8.24. The van der Waals surface area contributed by atoms with Gasteiger partial charge < -0.3 is 15.0 Å². The molecule has 0 bridgehead atoms. The molecule has 3 aromatic rings. The molecule has 1 saturated heterocycles. The van der Waals surface area contributed by atoms with E-state index in [9.17, 15) is 4.79 Å². The van der Waals surface area contributed by atoms with E-state index in [1.165, 1.54) is 49.5 Å². The van der Waals surface area contributed by atoms with Gasteiger partial charge in [-0.05, 0) is 31.0 Å². The Morgan fingerprint density at radius 2 is 2.00 bits per heavy atom. The zero-order valence-electron chi connectivity index (χ0n) is 16.0. The van der Waals surface area contributed by atoms with E-state index in [1.807, 2.05) is 6.07 Å². The highest BCUT2D eigenvalue weighted by molar-refractivity contribution is 5.89. The van der Waals surface area contributed by atoms with Crippen LogP contribution in [0.15, 0.2) is 36.8 Å². The molecule has 2 aromatic heterocycles. The van der Waals surface area contributed by atoms with Gasteiger partial charge in [0.2, 0.25) is 0 Å². The Hall–Kier alpha value is -3.16. The number of fused-ring (bicyclic) bond motifs is 1. The lowest BCUT2D eigenvalue weighted by molar-refractivity contribution is -0.141. The lowest BCUT2D eigenvalue weighted by Gasteiger charge is -2.23. The fourth-order valence-electron chi connectivity index (χ4n) is 3.54. The van der Waals surface area contributed by atoms with Crippen molar-refractivity contribution in [1.29, 1.82) is 0 Å². The van der Waals surface area contributed by atoms with Crippen LogP contribution in [0.3, 0.4) is 0 Å². The van der Waals surface area contributed by atoms with Crippen molar-refractivity contribution >= 4 is 34.2 Å². The number of rotatable bonds is 5. The number of esters is 1. The van der Waals surface area contributed by atoms with Crippen molar-refractivity contribution in [3.8, 4) is 0 Å². The van der Waals surface area contributed by atoms with Gasteiger partial charge in [0.1, 0.15) is 18.7 Å². The van der Waals surface area contributed by atoms with E-state index in [4.69, 9.17) is 4.74 Å². The van der Waals surface area contributed by atoms with Gasteiger partial charge in [0.15, 0.2) is 5.65 Å². The molecular weight excluding hydrogens is 356 g/mol. The third-order valence-electron chi connectivity index (χ3n) is 5.02. The van der Waals surface area contributed by atoms with Gasteiger partial charge in [0.05, 0.1) is 18.7 Å². The predicted molar refractivity (Wildman–Crippen MR) is 108 cm³/mol. The number of anilines is 3. The molecular formula is C20H24N6O2. The number of nitrogens with one attached hydrogen (secondary N) is 1. The van der Waals surface area contributed by atoms with Crippen LogP contribution in [0.1, 0.15) is 25.7 Å². The number of aromatic nitrogens is 4. The molecule has 1 N–H and O–H groups in total. The van der Waals surface area contributed by atoms with Gasteiger partial charge in [-0.25, -0.2) is 14.6 Å². The highest BCUT2D eigenvalue weighted by Gasteiger charge is 2.14. The van der Waals surface area contributed by atoms with Crippen molar-refractivity contribution in [2.45, 2.75) is 32.2 Å². The lowest BCUT2D eigenvalue weighted by Crippen LogP contribution is -2.23. The molecule has 0 spiro atoms. The largest absolute Gasteiger partial charge is 0.468 e.